The first-order valence-corrected chi connectivity index (χ1v) is 5.74. The van der Waals surface area contributed by atoms with E-state index in [0.717, 1.165) is 12.8 Å². The van der Waals surface area contributed by atoms with Gasteiger partial charge in [-0.2, -0.15) is 0 Å². The SMILES string of the molecule is C=CC(C)n1c(C)cc2c1CCCC2N. The lowest BCUT2D eigenvalue weighted by molar-refractivity contribution is 0.527. The zero-order valence-corrected chi connectivity index (χ0v) is 9.66. The molecule has 1 aromatic heterocycles. The number of nitrogens with zero attached hydrogens (tertiary/aromatic N) is 1. The Morgan fingerprint density at radius 3 is 3.07 bits per heavy atom. The molecule has 0 bridgehead atoms. The number of nitrogens with two attached hydrogens (primary N) is 1. The molecule has 2 N–H and O–H groups in total. The van der Waals surface area contributed by atoms with E-state index in [1.165, 1.54) is 23.4 Å². The van der Waals surface area contributed by atoms with Gasteiger partial charge in [-0.3, -0.25) is 0 Å². The number of aromatic nitrogens is 1. The van der Waals surface area contributed by atoms with Crippen molar-refractivity contribution in [2.24, 2.45) is 5.73 Å². The Bertz CT molecular complexity index is 376. The minimum absolute atomic E-state index is 0.241. The maximum absolute atomic E-state index is 6.13. The summed E-state index contributed by atoms with van der Waals surface area (Å²) in [5.41, 5.74) is 10.2. The van der Waals surface area contributed by atoms with Crippen LogP contribution < -0.4 is 5.73 Å². The van der Waals surface area contributed by atoms with Gasteiger partial charge in [0.2, 0.25) is 0 Å². The van der Waals surface area contributed by atoms with E-state index in [2.05, 4.69) is 31.1 Å². The van der Waals surface area contributed by atoms with Gasteiger partial charge in [-0.15, -0.1) is 6.58 Å². The van der Waals surface area contributed by atoms with Gasteiger partial charge in [-0.25, -0.2) is 0 Å². The third-order valence-electron chi connectivity index (χ3n) is 3.44. The van der Waals surface area contributed by atoms with Crippen molar-refractivity contribution in [1.82, 2.24) is 4.57 Å². The Balaban J connectivity index is 2.51. The Labute approximate surface area is 91.8 Å². The van der Waals surface area contributed by atoms with Crippen molar-refractivity contribution < 1.29 is 0 Å². The van der Waals surface area contributed by atoms with Crippen molar-refractivity contribution in [3.8, 4) is 0 Å². The summed E-state index contributed by atoms with van der Waals surface area (Å²) in [5, 5.41) is 0. The average Bonchev–Trinajstić information content (AvgIpc) is 2.55. The highest BCUT2D eigenvalue weighted by atomic mass is 15.0. The van der Waals surface area contributed by atoms with Crippen LogP contribution in [0.5, 0.6) is 0 Å². The highest BCUT2D eigenvalue weighted by molar-refractivity contribution is 5.33. The number of rotatable bonds is 2. The maximum atomic E-state index is 6.13. The molecule has 15 heavy (non-hydrogen) atoms. The van der Waals surface area contributed by atoms with E-state index in [-0.39, 0.29) is 6.04 Å². The molecule has 0 aromatic carbocycles. The largest absolute Gasteiger partial charge is 0.342 e. The number of fused-ring (bicyclic) bond motifs is 1. The molecule has 0 saturated carbocycles. The first kappa shape index (κ1) is 10.5. The molecule has 1 aliphatic rings. The second-order valence-corrected chi connectivity index (χ2v) is 4.53. The highest BCUT2D eigenvalue weighted by Gasteiger charge is 2.23. The lowest BCUT2D eigenvalue weighted by Crippen LogP contribution is -2.19. The summed E-state index contributed by atoms with van der Waals surface area (Å²) >= 11 is 0. The van der Waals surface area contributed by atoms with Gasteiger partial charge in [-0.1, -0.05) is 6.08 Å². The molecule has 2 atom stereocenters. The van der Waals surface area contributed by atoms with Gasteiger partial charge >= 0.3 is 0 Å². The van der Waals surface area contributed by atoms with Crippen LogP contribution in [0.2, 0.25) is 0 Å². The standard InChI is InChI=1S/C13H20N2/c1-4-9(2)15-10(3)8-11-12(14)6-5-7-13(11)15/h4,8-9,12H,1,5-7,14H2,2-3H3. The van der Waals surface area contributed by atoms with Gasteiger partial charge in [0.15, 0.2) is 0 Å². The first-order chi connectivity index (χ1) is 7.15. The molecule has 0 aliphatic heterocycles. The van der Waals surface area contributed by atoms with Crippen LogP contribution in [-0.2, 0) is 6.42 Å². The second kappa shape index (κ2) is 3.86. The topological polar surface area (TPSA) is 30.9 Å². The Morgan fingerprint density at radius 1 is 1.67 bits per heavy atom. The predicted molar refractivity (Wildman–Crippen MR) is 63.9 cm³/mol. The smallest absolute Gasteiger partial charge is 0.0485 e. The zero-order chi connectivity index (χ0) is 11.0. The van der Waals surface area contributed by atoms with E-state index in [0.29, 0.717) is 6.04 Å². The van der Waals surface area contributed by atoms with Crippen molar-refractivity contribution in [1.29, 1.82) is 0 Å². The molecule has 2 unspecified atom stereocenters. The fourth-order valence-corrected chi connectivity index (χ4v) is 2.63. The van der Waals surface area contributed by atoms with Crippen molar-refractivity contribution in [2.75, 3.05) is 0 Å². The Hall–Kier alpha value is -1.02. The van der Waals surface area contributed by atoms with E-state index >= 15 is 0 Å². The summed E-state index contributed by atoms with van der Waals surface area (Å²) in [7, 11) is 0. The first-order valence-electron chi connectivity index (χ1n) is 5.74. The molecule has 1 heterocycles. The molecule has 1 aromatic rings. The normalized spacial score (nSPS) is 22.2. The average molecular weight is 204 g/mol. The summed E-state index contributed by atoms with van der Waals surface area (Å²) in [6, 6.07) is 2.86. The van der Waals surface area contributed by atoms with E-state index in [1.807, 2.05) is 6.08 Å². The molecule has 2 nitrogen and oxygen atoms in total. The van der Waals surface area contributed by atoms with Crippen LogP contribution in [0.3, 0.4) is 0 Å². The summed E-state index contributed by atoms with van der Waals surface area (Å²) in [6.07, 6.45) is 5.49. The highest BCUT2D eigenvalue weighted by Crippen LogP contribution is 2.32. The van der Waals surface area contributed by atoms with Crippen LogP contribution in [0.15, 0.2) is 18.7 Å². The molecule has 0 spiro atoms. The predicted octanol–water partition coefficient (Wildman–Crippen LogP) is 2.88. The zero-order valence-electron chi connectivity index (χ0n) is 9.66. The van der Waals surface area contributed by atoms with Crippen LogP contribution in [0.4, 0.5) is 0 Å². The van der Waals surface area contributed by atoms with Crippen molar-refractivity contribution in [2.45, 2.75) is 45.2 Å². The number of aryl methyl sites for hydroxylation is 1. The van der Waals surface area contributed by atoms with Gasteiger partial charge < -0.3 is 10.3 Å². The summed E-state index contributed by atoms with van der Waals surface area (Å²) in [6.45, 7) is 8.21. The van der Waals surface area contributed by atoms with Crippen LogP contribution in [0.25, 0.3) is 0 Å². The quantitative estimate of drug-likeness (QED) is 0.738. The van der Waals surface area contributed by atoms with Crippen LogP contribution in [0, 0.1) is 6.92 Å². The third kappa shape index (κ3) is 1.63. The molecular formula is C13H20N2. The molecule has 1 aliphatic carbocycles. The molecular weight excluding hydrogens is 184 g/mol. The van der Waals surface area contributed by atoms with Crippen molar-refractivity contribution >= 4 is 0 Å². The molecule has 0 fully saturated rings. The maximum Gasteiger partial charge on any atom is 0.0485 e. The van der Waals surface area contributed by atoms with Crippen LogP contribution >= 0.6 is 0 Å². The van der Waals surface area contributed by atoms with Crippen molar-refractivity contribution in [3.05, 3.63) is 35.7 Å². The van der Waals surface area contributed by atoms with E-state index < -0.39 is 0 Å². The van der Waals surface area contributed by atoms with Gasteiger partial charge in [0.1, 0.15) is 0 Å². The number of hydrogen-bond donors (Lipinski definition) is 1. The van der Waals surface area contributed by atoms with Gasteiger partial charge in [0, 0.05) is 23.5 Å². The molecule has 0 radical (unpaired) electrons. The lowest BCUT2D eigenvalue weighted by Gasteiger charge is -2.23. The summed E-state index contributed by atoms with van der Waals surface area (Å²) in [5.74, 6) is 0. The summed E-state index contributed by atoms with van der Waals surface area (Å²) < 4.78 is 2.38. The monoisotopic (exact) mass is 204 g/mol. The van der Waals surface area contributed by atoms with E-state index in [4.69, 9.17) is 5.73 Å². The summed E-state index contributed by atoms with van der Waals surface area (Å²) in [4.78, 5) is 0. The van der Waals surface area contributed by atoms with Gasteiger partial charge in [-0.05, 0) is 44.7 Å². The Morgan fingerprint density at radius 2 is 2.40 bits per heavy atom. The fraction of sp³-hybridized carbons (Fsp3) is 0.538. The lowest BCUT2D eigenvalue weighted by atomic mass is 9.93. The molecule has 2 rings (SSSR count). The molecule has 2 heteroatoms. The van der Waals surface area contributed by atoms with Gasteiger partial charge in [0.05, 0.1) is 0 Å². The minimum Gasteiger partial charge on any atom is -0.342 e. The van der Waals surface area contributed by atoms with E-state index in [9.17, 15) is 0 Å². The van der Waals surface area contributed by atoms with Crippen LogP contribution in [-0.4, -0.2) is 4.57 Å². The van der Waals surface area contributed by atoms with Crippen LogP contribution in [0.1, 0.15) is 48.8 Å². The fourth-order valence-electron chi connectivity index (χ4n) is 2.63. The third-order valence-corrected chi connectivity index (χ3v) is 3.44. The number of hydrogen-bond acceptors (Lipinski definition) is 1. The second-order valence-electron chi connectivity index (χ2n) is 4.53. The molecule has 0 saturated heterocycles. The minimum atomic E-state index is 0.241. The Kier molecular flexibility index (Phi) is 2.70. The van der Waals surface area contributed by atoms with Crippen molar-refractivity contribution in [3.63, 3.8) is 0 Å². The van der Waals surface area contributed by atoms with Gasteiger partial charge in [0.25, 0.3) is 0 Å². The number of allylic oxidation sites excluding steroid dienone is 1. The van der Waals surface area contributed by atoms with E-state index in [1.54, 1.807) is 0 Å². The molecule has 82 valence electrons. The molecule has 0 amide bonds.